The van der Waals surface area contributed by atoms with Gasteiger partial charge in [0.25, 0.3) is 5.91 Å². The van der Waals surface area contributed by atoms with Crippen LogP contribution in [-0.2, 0) is 19.1 Å². The first-order valence-corrected chi connectivity index (χ1v) is 10.6. The molecule has 1 aliphatic heterocycles. The maximum atomic E-state index is 13.2. The molecule has 2 rings (SSSR count). The number of amides is 3. The number of rotatable bonds is 9. The van der Waals surface area contributed by atoms with Crippen LogP contribution in [-0.4, -0.2) is 60.2 Å². The van der Waals surface area contributed by atoms with Crippen molar-refractivity contribution in [2.24, 2.45) is 17.6 Å². The molecular formula is C20H29N3O5S. The fraction of sp³-hybridized carbons (Fsp3) is 0.600. The zero-order valence-electron chi connectivity index (χ0n) is 17.2. The molecule has 3 amide bonds. The fourth-order valence-electron chi connectivity index (χ4n) is 3.21. The Balaban J connectivity index is 2.18. The highest BCUT2D eigenvalue weighted by Gasteiger charge is 2.45. The van der Waals surface area contributed by atoms with Crippen LogP contribution in [0.3, 0.4) is 0 Å². The lowest BCUT2D eigenvalue weighted by molar-refractivity contribution is -0.141. The Morgan fingerprint density at radius 1 is 1.31 bits per heavy atom. The van der Waals surface area contributed by atoms with E-state index in [1.165, 1.54) is 23.3 Å². The number of thiophene rings is 1. The molecule has 0 aliphatic carbocycles. The molecule has 4 atom stereocenters. The minimum Gasteiger partial charge on any atom is -0.367 e. The van der Waals surface area contributed by atoms with Gasteiger partial charge in [0.05, 0.1) is 5.56 Å². The summed E-state index contributed by atoms with van der Waals surface area (Å²) in [7, 11) is 1.44. The van der Waals surface area contributed by atoms with Gasteiger partial charge in [-0.1, -0.05) is 20.8 Å². The lowest BCUT2D eigenvalue weighted by Gasteiger charge is -2.30. The van der Waals surface area contributed by atoms with Crippen molar-refractivity contribution in [3.63, 3.8) is 0 Å². The topological polar surface area (TPSA) is 119 Å². The summed E-state index contributed by atoms with van der Waals surface area (Å²) in [5.74, 6) is -1.20. The Morgan fingerprint density at radius 2 is 2.00 bits per heavy atom. The molecule has 3 N–H and O–H groups in total. The summed E-state index contributed by atoms with van der Waals surface area (Å²) >= 11 is 1.39. The third kappa shape index (κ3) is 5.63. The van der Waals surface area contributed by atoms with E-state index >= 15 is 0 Å². The van der Waals surface area contributed by atoms with Crippen LogP contribution in [0.2, 0.25) is 0 Å². The molecule has 9 heteroatoms. The highest BCUT2D eigenvalue weighted by molar-refractivity contribution is 7.08. The molecule has 0 bridgehead atoms. The van der Waals surface area contributed by atoms with Crippen molar-refractivity contribution in [1.29, 1.82) is 0 Å². The van der Waals surface area contributed by atoms with Gasteiger partial charge >= 0.3 is 0 Å². The number of ether oxygens (including phenoxy) is 1. The molecule has 1 fully saturated rings. The lowest BCUT2D eigenvalue weighted by Crippen LogP contribution is -2.56. The molecule has 3 unspecified atom stereocenters. The number of carbonyl (C=O) groups is 4. The summed E-state index contributed by atoms with van der Waals surface area (Å²) in [5.41, 5.74) is 5.79. The van der Waals surface area contributed by atoms with E-state index in [1.807, 2.05) is 0 Å². The molecule has 0 spiro atoms. The van der Waals surface area contributed by atoms with Crippen LogP contribution >= 0.6 is 11.3 Å². The van der Waals surface area contributed by atoms with Crippen LogP contribution in [0.5, 0.6) is 0 Å². The van der Waals surface area contributed by atoms with Crippen molar-refractivity contribution in [2.75, 3.05) is 13.7 Å². The predicted molar refractivity (Wildman–Crippen MR) is 109 cm³/mol. The summed E-state index contributed by atoms with van der Waals surface area (Å²) in [6.07, 6.45) is -0.0408. The largest absolute Gasteiger partial charge is 0.367 e. The van der Waals surface area contributed by atoms with Crippen molar-refractivity contribution in [3.05, 3.63) is 22.4 Å². The molecule has 1 aliphatic rings. The molecule has 1 aromatic heterocycles. The molecule has 0 radical (unpaired) electrons. The third-order valence-corrected chi connectivity index (χ3v) is 6.19. The van der Waals surface area contributed by atoms with Gasteiger partial charge in [0.1, 0.15) is 18.7 Å². The Kier molecular flexibility index (Phi) is 7.92. The second kappa shape index (κ2) is 9.98. The zero-order chi connectivity index (χ0) is 21.7. The van der Waals surface area contributed by atoms with Crippen LogP contribution in [0.1, 0.15) is 44.0 Å². The zero-order valence-corrected chi connectivity index (χ0v) is 18.0. The van der Waals surface area contributed by atoms with Crippen LogP contribution in [0.15, 0.2) is 16.8 Å². The highest BCUT2D eigenvalue weighted by atomic mass is 32.1. The number of nitrogens with zero attached hydrogens (tertiary/aromatic N) is 1. The number of primary amides is 1. The van der Waals surface area contributed by atoms with E-state index in [-0.39, 0.29) is 18.3 Å². The van der Waals surface area contributed by atoms with Crippen molar-refractivity contribution in [1.82, 2.24) is 10.2 Å². The van der Waals surface area contributed by atoms with E-state index in [1.54, 1.807) is 16.8 Å². The highest BCUT2D eigenvalue weighted by Crippen LogP contribution is 2.21. The molecule has 160 valence electrons. The first-order chi connectivity index (χ1) is 13.6. The van der Waals surface area contributed by atoms with E-state index in [9.17, 15) is 19.2 Å². The second-order valence-corrected chi connectivity index (χ2v) is 8.61. The third-order valence-electron chi connectivity index (χ3n) is 5.50. The fourth-order valence-corrected chi connectivity index (χ4v) is 3.85. The normalized spacial score (nSPS) is 21.1. The van der Waals surface area contributed by atoms with Gasteiger partial charge in [-0.05, 0) is 36.1 Å². The van der Waals surface area contributed by atoms with E-state index in [0.717, 1.165) is 6.42 Å². The molecule has 0 aromatic carbocycles. The smallest absolute Gasteiger partial charge is 0.252 e. The number of carbonyl (C=O) groups excluding carboxylic acids is 4. The van der Waals surface area contributed by atoms with Crippen molar-refractivity contribution < 1.29 is 23.9 Å². The summed E-state index contributed by atoms with van der Waals surface area (Å²) < 4.78 is 5.16. The SMILES string of the molecule is CC(C)C(C)CC[C@H](NC(=O)c1ccsc1)C(=O)N(C)C1C(=O)COC1C(N)=O. The Labute approximate surface area is 174 Å². The van der Waals surface area contributed by atoms with Gasteiger partial charge in [-0.2, -0.15) is 11.3 Å². The summed E-state index contributed by atoms with van der Waals surface area (Å²) in [6, 6.07) is -0.224. The second-order valence-electron chi connectivity index (χ2n) is 7.83. The van der Waals surface area contributed by atoms with Gasteiger partial charge in [0.15, 0.2) is 11.9 Å². The first kappa shape index (κ1) is 23.0. The molecule has 0 saturated carbocycles. The minimum atomic E-state index is -1.18. The van der Waals surface area contributed by atoms with Crippen molar-refractivity contribution >= 4 is 34.8 Å². The Hall–Kier alpha value is -2.26. The summed E-state index contributed by atoms with van der Waals surface area (Å²) in [6.45, 7) is 6.02. The van der Waals surface area contributed by atoms with Gasteiger partial charge in [-0.25, -0.2) is 0 Å². The van der Waals surface area contributed by atoms with Gasteiger partial charge in [0, 0.05) is 12.4 Å². The number of ketones is 1. The van der Waals surface area contributed by atoms with E-state index in [4.69, 9.17) is 10.5 Å². The number of likely N-dealkylation sites (N-methyl/N-ethyl adjacent to an activating group) is 1. The van der Waals surface area contributed by atoms with Gasteiger partial charge in [-0.3, -0.25) is 19.2 Å². The monoisotopic (exact) mass is 423 g/mol. The van der Waals surface area contributed by atoms with Crippen LogP contribution in [0.25, 0.3) is 0 Å². The van der Waals surface area contributed by atoms with E-state index in [2.05, 4.69) is 26.1 Å². The van der Waals surface area contributed by atoms with Crippen LogP contribution < -0.4 is 11.1 Å². The first-order valence-electron chi connectivity index (χ1n) is 9.66. The standard InChI is InChI=1S/C20H29N3O5S/c1-11(2)12(3)5-6-14(22-19(26)13-7-8-29-10-13)20(27)23(4)16-15(24)9-28-17(16)18(21)25/h7-8,10-12,14,16-17H,5-6,9H2,1-4H3,(H2,21,25)(H,22,26)/t12?,14-,16?,17?/m0/s1. The van der Waals surface area contributed by atoms with Crippen LogP contribution in [0.4, 0.5) is 0 Å². The molecule has 2 heterocycles. The average molecular weight is 424 g/mol. The Bertz CT molecular complexity index is 749. The van der Waals surface area contributed by atoms with E-state index < -0.39 is 30.0 Å². The summed E-state index contributed by atoms with van der Waals surface area (Å²) in [4.78, 5) is 50.7. The maximum Gasteiger partial charge on any atom is 0.252 e. The maximum absolute atomic E-state index is 13.2. The van der Waals surface area contributed by atoms with Gasteiger partial charge in [0.2, 0.25) is 11.8 Å². The number of hydrogen-bond acceptors (Lipinski definition) is 6. The minimum absolute atomic E-state index is 0.272. The molecule has 1 aromatic rings. The van der Waals surface area contributed by atoms with Gasteiger partial charge < -0.3 is 20.7 Å². The Morgan fingerprint density at radius 3 is 2.55 bits per heavy atom. The average Bonchev–Trinajstić information content (AvgIpc) is 3.33. The van der Waals surface area contributed by atoms with Crippen molar-refractivity contribution in [2.45, 2.75) is 51.8 Å². The number of hydrogen-bond donors (Lipinski definition) is 2. The van der Waals surface area contributed by atoms with Gasteiger partial charge in [-0.15, -0.1) is 0 Å². The predicted octanol–water partition coefficient (Wildman–Crippen LogP) is 1.20. The summed E-state index contributed by atoms with van der Waals surface area (Å²) in [5, 5.41) is 6.27. The van der Waals surface area contributed by atoms with E-state index in [0.29, 0.717) is 23.8 Å². The molecule has 29 heavy (non-hydrogen) atoms. The quantitative estimate of drug-likeness (QED) is 0.619. The molecule has 8 nitrogen and oxygen atoms in total. The molecule has 1 saturated heterocycles. The number of Topliss-reactive ketones (excluding diaryl/α,β-unsaturated/α-hetero) is 1. The van der Waals surface area contributed by atoms with Crippen molar-refractivity contribution in [3.8, 4) is 0 Å². The lowest BCUT2D eigenvalue weighted by atomic mass is 9.91. The molecular weight excluding hydrogens is 394 g/mol. The van der Waals surface area contributed by atoms with Crippen LogP contribution in [0, 0.1) is 11.8 Å². The number of nitrogens with two attached hydrogens (primary N) is 1. The number of nitrogens with one attached hydrogen (secondary N) is 1.